The van der Waals surface area contributed by atoms with Crippen LogP contribution in [0.1, 0.15) is 24.0 Å². The van der Waals surface area contributed by atoms with Gasteiger partial charge in [-0.15, -0.1) is 12.3 Å². The van der Waals surface area contributed by atoms with E-state index in [1.54, 1.807) is 11.5 Å². The van der Waals surface area contributed by atoms with Gasteiger partial charge >= 0.3 is 6.18 Å². The molecule has 0 spiro atoms. The molecule has 0 aliphatic heterocycles. The monoisotopic (exact) mass is 391 g/mol. The van der Waals surface area contributed by atoms with Crippen molar-refractivity contribution in [3.63, 3.8) is 0 Å². The number of anilines is 1. The SMILES string of the molecule is C#CCCCn1c(Sc2cc(C)ccc2C(F)(F)F)nc2c(N)ncnc21. The molecule has 0 aliphatic rings. The Bertz CT molecular complexity index is 1020. The zero-order valence-electron chi connectivity index (χ0n) is 14.4. The third-order valence-corrected chi connectivity index (χ3v) is 4.92. The van der Waals surface area contributed by atoms with Crippen LogP contribution in [0.25, 0.3) is 11.2 Å². The maximum atomic E-state index is 13.4. The summed E-state index contributed by atoms with van der Waals surface area (Å²) in [6.07, 6.45) is 3.31. The minimum Gasteiger partial charge on any atom is -0.382 e. The molecule has 0 fully saturated rings. The van der Waals surface area contributed by atoms with Crippen molar-refractivity contribution in [3.8, 4) is 12.3 Å². The Labute approximate surface area is 158 Å². The Morgan fingerprint density at radius 1 is 1.30 bits per heavy atom. The van der Waals surface area contributed by atoms with Crippen LogP contribution >= 0.6 is 11.8 Å². The van der Waals surface area contributed by atoms with Gasteiger partial charge in [0.25, 0.3) is 0 Å². The third-order valence-electron chi connectivity index (χ3n) is 3.87. The fraction of sp³-hybridized carbons (Fsp3) is 0.278. The van der Waals surface area contributed by atoms with Crippen molar-refractivity contribution in [2.75, 3.05) is 5.73 Å². The average molecular weight is 391 g/mol. The number of hydrogen-bond acceptors (Lipinski definition) is 5. The Balaban J connectivity index is 2.10. The second-order valence-electron chi connectivity index (χ2n) is 5.88. The number of hydrogen-bond donors (Lipinski definition) is 1. The highest BCUT2D eigenvalue weighted by atomic mass is 32.2. The van der Waals surface area contributed by atoms with E-state index >= 15 is 0 Å². The van der Waals surface area contributed by atoms with Gasteiger partial charge in [-0.25, -0.2) is 15.0 Å². The van der Waals surface area contributed by atoms with Gasteiger partial charge in [-0.1, -0.05) is 17.8 Å². The normalized spacial score (nSPS) is 11.7. The van der Waals surface area contributed by atoms with Crippen molar-refractivity contribution >= 4 is 28.7 Å². The number of rotatable bonds is 5. The molecule has 0 atom stereocenters. The number of nitrogen functional groups attached to an aromatic ring is 1. The Morgan fingerprint density at radius 2 is 2.07 bits per heavy atom. The number of nitrogens with two attached hydrogens (primary N) is 1. The standard InChI is InChI=1S/C18H16F3N5S/c1-3-4-5-8-26-16-14(15(22)23-10-24-16)25-17(26)27-13-9-11(2)6-7-12(13)18(19,20)21/h1,6-7,9-10H,4-5,8H2,2H3,(H2,22,23,24). The molecule has 1 aromatic carbocycles. The van der Waals surface area contributed by atoms with Gasteiger partial charge in [-0.05, 0) is 31.0 Å². The van der Waals surface area contributed by atoms with E-state index in [2.05, 4.69) is 20.9 Å². The fourth-order valence-corrected chi connectivity index (χ4v) is 3.76. The highest BCUT2D eigenvalue weighted by Gasteiger charge is 2.34. The van der Waals surface area contributed by atoms with Crippen LogP contribution < -0.4 is 5.73 Å². The summed E-state index contributed by atoms with van der Waals surface area (Å²) in [6, 6.07) is 4.01. The zero-order valence-corrected chi connectivity index (χ0v) is 15.2. The van der Waals surface area contributed by atoms with Crippen LogP contribution in [0.2, 0.25) is 0 Å². The Hall–Kier alpha value is -2.73. The molecule has 0 bridgehead atoms. The van der Waals surface area contributed by atoms with Gasteiger partial charge in [0.15, 0.2) is 22.1 Å². The molecule has 27 heavy (non-hydrogen) atoms. The molecule has 5 nitrogen and oxygen atoms in total. The van der Waals surface area contributed by atoms with Gasteiger partial charge in [0.1, 0.15) is 6.33 Å². The van der Waals surface area contributed by atoms with Gasteiger partial charge in [0, 0.05) is 17.9 Å². The van der Waals surface area contributed by atoms with Crippen LogP contribution in [-0.4, -0.2) is 19.5 Å². The molecule has 0 amide bonds. The molecule has 3 aromatic rings. The van der Waals surface area contributed by atoms with Crippen LogP contribution in [0.5, 0.6) is 0 Å². The Morgan fingerprint density at radius 3 is 2.78 bits per heavy atom. The first-order valence-electron chi connectivity index (χ1n) is 8.07. The molecule has 9 heteroatoms. The van der Waals surface area contributed by atoms with Gasteiger partial charge in [-0.3, -0.25) is 0 Å². The van der Waals surface area contributed by atoms with Crippen LogP contribution in [-0.2, 0) is 12.7 Å². The summed E-state index contributed by atoms with van der Waals surface area (Å²) in [5.74, 6) is 2.73. The van der Waals surface area contributed by atoms with Gasteiger partial charge in [0.2, 0.25) is 0 Å². The fourth-order valence-electron chi connectivity index (χ4n) is 2.60. The second kappa shape index (κ2) is 7.48. The van der Waals surface area contributed by atoms with Crippen molar-refractivity contribution in [3.05, 3.63) is 35.7 Å². The van der Waals surface area contributed by atoms with Crippen molar-refractivity contribution in [2.45, 2.75) is 42.5 Å². The van der Waals surface area contributed by atoms with E-state index < -0.39 is 11.7 Å². The number of fused-ring (bicyclic) bond motifs is 1. The summed E-state index contributed by atoms with van der Waals surface area (Å²) >= 11 is 0.931. The summed E-state index contributed by atoms with van der Waals surface area (Å²) in [4.78, 5) is 12.6. The van der Waals surface area contributed by atoms with E-state index in [1.165, 1.54) is 18.5 Å². The molecule has 140 valence electrons. The summed E-state index contributed by atoms with van der Waals surface area (Å²) in [5.41, 5.74) is 6.71. The number of imidazole rings is 1. The summed E-state index contributed by atoms with van der Waals surface area (Å²) < 4.78 is 41.9. The quantitative estimate of drug-likeness (QED) is 0.519. The molecule has 0 aliphatic carbocycles. The highest BCUT2D eigenvalue weighted by Crippen LogP contribution is 2.40. The highest BCUT2D eigenvalue weighted by molar-refractivity contribution is 7.99. The number of alkyl halides is 3. The van der Waals surface area contributed by atoms with Gasteiger partial charge in [-0.2, -0.15) is 13.2 Å². The lowest BCUT2D eigenvalue weighted by molar-refractivity contribution is -0.139. The maximum Gasteiger partial charge on any atom is 0.417 e. The summed E-state index contributed by atoms with van der Waals surface area (Å²) in [5, 5.41) is 0.366. The van der Waals surface area contributed by atoms with Crippen molar-refractivity contribution in [1.29, 1.82) is 0 Å². The number of terminal acetylenes is 1. The van der Waals surface area contributed by atoms with E-state index in [9.17, 15) is 13.2 Å². The molecule has 0 saturated carbocycles. The summed E-state index contributed by atoms with van der Waals surface area (Å²) in [7, 11) is 0. The van der Waals surface area contributed by atoms with Crippen molar-refractivity contribution in [2.24, 2.45) is 0 Å². The minimum atomic E-state index is -4.46. The van der Waals surface area contributed by atoms with E-state index in [0.29, 0.717) is 35.7 Å². The third kappa shape index (κ3) is 4.01. The number of nitrogens with zero attached hydrogens (tertiary/aromatic N) is 4. The zero-order chi connectivity index (χ0) is 19.6. The van der Waals surface area contributed by atoms with E-state index in [4.69, 9.17) is 12.2 Å². The van der Waals surface area contributed by atoms with Crippen molar-refractivity contribution < 1.29 is 13.2 Å². The topological polar surface area (TPSA) is 69.6 Å². The number of aromatic nitrogens is 4. The summed E-state index contributed by atoms with van der Waals surface area (Å²) in [6.45, 7) is 2.20. The smallest absolute Gasteiger partial charge is 0.382 e. The first-order chi connectivity index (χ1) is 12.8. The van der Waals surface area contributed by atoms with Crippen LogP contribution in [0, 0.1) is 19.3 Å². The van der Waals surface area contributed by atoms with Gasteiger partial charge in [0.05, 0.1) is 5.56 Å². The Kier molecular flexibility index (Phi) is 5.28. The molecule has 2 aromatic heterocycles. The molecule has 0 unspecified atom stereocenters. The molecule has 0 radical (unpaired) electrons. The van der Waals surface area contributed by atoms with Crippen LogP contribution in [0.15, 0.2) is 34.6 Å². The number of unbranched alkanes of at least 4 members (excludes halogenated alkanes) is 1. The van der Waals surface area contributed by atoms with E-state index in [1.807, 2.05) is 0 Å². The number of benzene rings is 1. The molecule has 0 saturated heterocycles. The predicted molar refractivity (Wildman–Crippen MR) is 98.1 cm³/mol. The molecular weight excluding hydrogens is 375 g/mol. The average Bonchev–Trinajstić information content (AvgIpc) is 2.93. The largest absolute Gasteiger partial charge is 0.417 e. The maximum absolute atomic E-state index is 13.4. The number of halogens is 3. The number of aryl methyl sites for hydroxylation is 2. The second-order valence-corrected chi connectivity index (χ2v) is 6.89. The molecule has 2 N–H and O–H groups in total. The van der Waals surface area contributed by atoms with Crippen LogP contribution in [0.3, 0.4) is 0 Å². The van der Waals surface area contributed by atoms with E-state index in [-0.39, 0.29) is 10.7 Å². The predicted octanol–water partition coefficient (Wildman–Crippen LogP) is 4.30. The lowest BCUT2D eigenvalue weighted by Crippen LogP contribution is -2.07. The minimum absolute atomic E-state index is 0.0718. The van der Waals surface area contributed by atoms with Crippen molar-refractivity contribution in [1.82, 2.24) is 19.5 Å². The molecule has 3 rings (SSSR count). The van der Waals surface area contributed by atoms with E-state index in [0.717, 1.165) is 23.4 Å². The lowest BCUT2D eigenvalue weighted by Gasteiger charge is -2.13. The van der Waals surface area contributed by atoms with Crippen LogP contribution in [0.4, 0.5) is 19.0 Å². The molecular formula is C18H16F3N5S. The van der Waals surface area contributed by atoms with Gasteiger partial charge < -0.3 is 10.3 Å². The molecule has 2 heterocycles. The first-order valence-corrected chi connectivity index (χ1v) is 8.88. The lowest BCUT2D eigenvalue weighted by atomic mass is 10.1. The first kappa shape index (κ1) is 19.0.